The lowest BCUT2D eigenvalue weighted by Crippen LogP contribution is -2.27. The van der Waals surface area contributed by atoms with Gasteiger partial charge in [0.05, 0.1) is 18.1 Å². The molecule has 0 bridgehead atoms. The van der Waals surface area contributed by atoms with E-state index in [2.05, 4.69) is 34.4 Å². The first-order valence-corrected chi connectivity index (χ1v) is 13.3. The van der Waals surface area contributed by atoms with Crippen LogP contribution in [0.5, 0.6) is 0 Å². The maximum atomic E-state index is 12.7. The van der Waals surface area contributed by atoms with Gasteiger partial charge in [0.25, 0.3) is 5.91 Å². The first-order valence-electron chi connectivity index (χ1n) is 12.3. The fraction of sp³-hybridized carbons (Fsp3) is 0.333. The van der Waals surface area contributed by atoms with Gasteiger partial charge in [-0.25, -0.2) is 14.6 Å². The third kappa shape index (κ3) is 5.32. The molecule has 1 aliphatic rings. The topological polar surface area (TPSA) is 75.9 Å². The third-order valence-electron chi connectivity index (χ3n) is 6.16. The molecule has 1 saturated heterocycles. The molecule has 5 rings (SSSR count). The maximum absolute atomic E-state index is 12.7. The summed E-state index contributed by atoms with van der Waals surface area (Å²) in [6, 6.07) is 17.9. The number of amides is 1. The molecule has 8 heteroatoms. The molecule has 4 aromatic rings. The van der Waals surface area contributed by atoms with E-state index in [0.717, 1.165) is 58.4 Å². The van der Waals surface area contributed by atoms with Crippen LogP contribution in [0.3, 0.4) is 0 Å². The second-order valence-corrected chi connectivity index (χ2v) is 9.74. The summed E-state index contributed by atoms with van der Waals surface area (Å²) in [7, 11) is 0. The van der Waals surface area contributed by atoms with Gasteiger partial charge in [-0.2, -0.15) is 5.10 Å². The zero-order valence-electron chi connectivity index (χ0n) is 20.0. The lowest BCUT2D eigenvalue weighted by Gasteiger charge is -2.18. The van der Waals surface area contributed by atoms with E-state index < -0.39 is 0 Å². The fourth-order valence-electron chi connectivity index (χ4n) is 4.33. The number of nitrogens with one attached hydrogen (secondary N) is 1. The van der Waals surface area contributed by atoms with E-state index in [1.54, 1.807) is 11.8 Å². The SMILES string of the molecule is CCCSc1nc(N2CCCC2)c2cnn(CCNC(=O)c3ccc(-c4ccccc4)cc3)c2n1. The Morgan fingerprint density at radius 1 is 1.00 bits per heavy atom. The van der Waals surface area contributed by atoms with Gasteiger partial charge in [-0.3, -0.25) is 4.79 Å². The summed E-state index contributed by atoms with van der Waals surface area (Å²) in [4.78, 5) is 24.7. The second kappa shape index (κ2) is 10.9. The van der Waals surface area contributed by atoms with Crippen molar-refractivity contribution in [1.82, 2.24) is 25.1 Å². The summed E-state index contributed by atoms with van der Waals surface area (Å²) >= 11 is 1.69. The summed E-state index contributed by atoms with van der Waals surface area (Å²) < 4.78 is 1.88. The van der Waals surface area contributed by atoms with Crippen molar-refractivity contribution in [3.05, 3.63) is 66.4 Å². The highest BCUT2D eigenvalue weighted by Crippen LogP contribution is 2.29. The Hall–Kier alpha value is -3.39. The minimum atomic E-state index is -0.0901. The van der Waals surface area contributed by atoms with Gasteiger partial charge in [0, 0.05) is 31.0 Å². The molecule has 0 aliphatic carbocycles. The Bertz CT molecular complexity index is 1280. The number of carbonyl (C=O) groups excluding carboxylic acids is 1. The van der Waals surface area contributed by atoms with Crippen LogP contribution in [0.15, 0.2) is 66.0 Å². The first-order chi connectivity index (χ1) is 17.2. The minimum absolute atomic E-state index is 0.0901. The Morgan fingerprint density at radius 3 is 2.49 bits per heavy atom. The second-order valence-electron chi connectivity index (χ2n) is 8.68. The van der Waals surface area contributed by atoms with Crippen molar-refractivity contribution in [2.24, 2.45) is 0 Å². The third-order valence-corrected chi connectivity index (χ3v) is 7.21. The van der Waals surface area contributed by atoms with Crippen molar-refractivity contribution >= 4 is 34.5 Å². The van der Waals surface area contributed by atoms with Crippen LogP contribution in [0.4, 0.5) is 5.82 Å². The number of aromatic nitrogens is 4. The predicted molar refractivity (Wildman–Crippen MR) is 142 cm³/mol. The molecule has 1 N–H and O–H groups in total. The molecule has 0 atom stereocenters. The summed E-state index contributed by atoms with van der Waals surface area (Å²) in [6.07, 6.45) is 5.31. The normalized spacial score (nSPS) is 13.5. The molecule has 2 aromatic carbocycles. The van der Waals surface area contributed by atoms with Gasteiger partial charge in [-0.15, -0.1) is 0 Å². The number of anilines is 1. The summed E-state index contributed by atoms with van der Waals surface area (Å²) in [5.74, 6) is 1.88. The number of hydrogen-bond donors (Lipinski definition) is 1. The zero-order chi connectivity index (χ0) is 24.0. The molecule has 0 unspecified atom stereocenters. The number of fused-ring (bicyclic) bond motifs is 1. The van der Waals surface area contributed by atoms with E-state index in [-0.39, 0.29) is 5.91 Å². The van der Waals surface area contributed by atoms with Crippen LogP contribution in [0.2, 0.25) is 0 Å². The lowest BCUT2D eigenvalue weighted by molar-refractivity contribution is 0.0952. The van der Waals surface area contributed by atoms with E-state index >= 15 is 0 Å². The monoisotopic (exact) mass is 486 g/mol. The van der Waals surface area contributed by atoms with Gasteiger partial charge in [-0.05, 0) is 42.5 Å². The number of rotatable bonds is 9. The van der Waals surface area contributed by atoms with Crippen LogP contribution < -0.4 is 10.2 Å². The van der Waals surface area contributed by atoms with Crippen molar-refractivity contribution in [2.45, 2.75) is 37.9 Å². The largest absolute Gasteiger partial charge is 0.356 e. The van der Waals surface area contributed by atoms with Crippen molar-refractivity contribution in [2.75, 3.05) is 30.3 Å². The fourth-order valence-corrected chi connectivity index (χ4v) is 5.02. The molecule has 1 aliphatic heterocycles. The van der Waals surface area contributed by atoms with E-state index in [1.165, 1.54) is 12.8 Å². The van der Waals surface area contributed by atoms with Gasteiger partial charge in [0.1, 0.15) is 5.82 Å². The number of benzene rings is 2. The number of nitrogens with zero attached hydrogens (tertiary/aromatic N) is 5. The zero-order valence-corrected chi connectivity index (χ0v) is 20.8. The average molecular weight is 487 g/mol. The van der Waals surface area contributed by atoms with E-state index in [1.807, 2.05) is 53.3 Å². The molecular weight excluding hydrogens is 456 g/mol. The van der Waals surface area contributed by atoms with Gasteiger partial charge in [0.15, 0.2) is 10.8 Å². The quantitative estimate of drug-likeness (QED) is 0.264. The smallest absolute Gasteiger partial charge is 0.251 e. The van der Waals surface area contributed by atoms with Gasteiger partial charge in [0.2, 0.25) is 0 Å². The van der Waals surface area contributed by atoms with Crippen LogP contribution in [-0.2, 0) is 6.54 Å². The van der Waals surface area contributed by atoms with E-state index in [9.17, 15) is 4.79 Å². The Labute approximate surface area is 210 Å². The van der Waals surface area contributed by atoms with Crippen LogP contribution in [0.1, 0.15) is 36.5 Å². The predicted octanol–water partition coefficient (Wildman–Crippen LogP) is 5.03. The molecule has 0 radical (unpaired) electrons. The molecule has 1 amide bonds. The average Bonchev–Trinajstić information content (AvgIpc) is 3.58. The van der Waals surface area contributed by atoms with Crippen LogP contribution in [0, 0.1) is 0 Å². The molecule has 1 fully saturated rings. The Balaban J connectivity index is 1.27. The van der Waals surface area contributed by atoms with Crippen LogP contribution in [0.25, 0.3) is 22.2 Å². The van der Waals surface area contributed by atoms with Crippen molar-refractivity contribution in [3.63, 3.8) is 0 Å². The van der Waals surface area contributed by atoms with E-state index in [0.29, 0.717) is 18.7 Å². The molecule has 7 nitrogen and oxygen atoms in total. The standard InChI is InChI=1S/C27H30N6OS/c1-2-18-35-27-30-24(32-15-6-7-16-32)23-19-29-33(25(23)31-27)17-14-28-26(34)22-12-10-21(11-13-22)20-8-4-3-5-9-20/h3-5,8-13,19H,2,6-7,14-18H2,1H3,(H,28,34). The molecule has 0 saturated carbocycles. The summed E-state index contributed by atoms with van der Waals surface area (Å²) in [6.45, 7) is 5.22. The number of carbonyl (C=O) groups is 1. The molecule has 0 spiro atoms. The highest BCUT2D eigenvalue weighted by atomic mass is 32.2. The van der Waals surface area contributed by atoms with Gasteiger partial charge < -0.3 is 10.2 Å². The summed E-state index contributed by atoms with van der Waals surface area (Å²) in [5, 5.41) is 9.39. The number of hydrogen-bond acceptors (Lipinski definition) is 6. The molecule has 180 valence electrons. The highest BCUT2D eigenvalue weighted by molar-refractivity contribution is 7.99. The lowest BCUT2D eigenvalue weighted by atomic mass is 10.0. The van der Waals surface area contributed by atoms with Crippen molar-refractivity contribution in [3.8, 4) is 11.1 Å². The maximum Gasteiger partial charge on any atom is 0.251 e. The van der Waals surface area contributed by atoms with Gasteiger partial charge >= 0.3 is 0 Å². The molecule has 3 heterocycles. The van der Waals surface area contributed by atoms with Crippen LogP contribution in [-0.4, -0.2) is 51.0 Å². The Kier molecular flexibility index (Phi) is 7.28. The van der Waals surface area contributed by atoms with Gasteiger partial charge in [-0.1, -0.05) is 61.2 Å². The first kappa shape index (κ1) is 23.4. The van der Waals surface area contributed by atoms with Crippen molar-refractivity contribution < 1.29 is 4.79 Å². The highest BCUT2D eigenvalue weighted by Gasteiger charge is 2.21. The number of thioether (sulfide) groups is 1. The Morgan fingerprint density at radius 2 is 1.74 bits per heavy atom. The molecule has 2 aromatic heterocycles. The summed E-state index contributed by atoms with van der Waals surface area (Å²) in [5.41, 5.74) is 3.71. The molecular formula is C27H30N6OS. The minimum Gasteiger partial charge on any atom is -0.356 e. The van der Waals surface area contributed by atoms with E-state index in [4.69, 9.17) is 9.97 Å². The van der Waals surface area contributed by atoms with Crippen molar-refractivity contribution in [1.29, 1.82) is 0 Å². The molecule has 35 heavy (non-hydrogen) atoms. The van der Waals surface area contributed by atoms with Crippen LogP contribution >= 0.6 is 11.8 Å².